The molecule has 0 bridgehead atoms. The van der Waals surface area contributed by atoms with Gasteiger partial charge in [0, 0.05) is 29.7 Å². The van der Waals surface area contributed by atoms with Gasteiger partial charge in [-0.15, -0.1) is 0 Å². The van der Waals surface area contributed by atoms with Crippen LogP contribution in [0.15, 0.2) is 24.3 Å². The highest BCUT2D eigenvalue weighted by molar-refractivity contribution is 5.85. The van der Waals surface area contributed by atoms with Crippen molar-refractivity contribution < 1.29 is 20.5 Å². The molecule has 26 heavy (non-hydrogen) atoms. The minimum Gasteiger partial charge on any atom is -0.481 e. The lowest BCUT2D eigenvalue weighted by atomic mass is 9.65. The van der Waals surface area contributed by atoms with E-state index in [0.717, 1.165) is 32.4 Å². The van der Waals surface area contributed by atoms with Crippen molar-refractivity contribution in [1.29, 1.82) is 0 Å². The molecule has 1 aromatic carbocycles. The highest BCUT2D eigenvalue weighted by atomic mass is 16.4. The second kappa shape index (κ2) is 6.37. The van der Waals surface area contributed by atoms with Crippen LogP contribution in [-0.4, -0.2) is 50.7 Å². The number of benzene rings is 1. The molecule has 0 radical (unpaired) electrons. The van der Waals surface area contributed by atoms with Crippen molar-refractivity contribution in [3.05, 3.63) is 35.5 Å². The van der Waals surface area contributed by atoms with Gasteiger partial charge in [0.1, 0.15) is 0 Å². The molecule has 0 amide bonds. The molecule has 1 saturated carbocycles. The number of hydrogen-bond donors (Lipinski definition) is 3. The number of carbonyl (C=O) groups is 1. The molecule has 2 fully saturated rings. The number of rotatable bonds is 1. The summed E-state index contributed by atoms with van der Waals surface area (Å²) in [6.45, 7) is 2.00. The Morgan fingerprint density at radius 2 is 2.04 bits per heavy atom. The van der Waals surface area contributed by atoms with Crippen LogP contribution in [-0.2, 0) is 11.2 Å². The van der Waals surface area contributed by atoms with Crippen LogP contribution in [0.2, 0.25) is 0 Å². The number of aliphatic hydroxyl groups excluding tert-OH is 1. The van der Waals surface area contributed by atoms with Crippen molar-refractivity contribution in [2.75, 3.05) is 13.1 Å². The average Bonchev–Trinajstić information content (AvgIpc) is 2.99. The van der Waals surface area contributed by atoms with Gasteiger partial charge in [0.2, 0.25) is 0 Å². The third kappa shape index (κ3) is 2.47. The molecule has 140 valence electrons. The van der Waals surface area contributed by atoms with E-state index >= 15 is 0 Å². The van der Waals surface area contributed by atoms with Gasteiger partial charge in [-0.3, -0.25) is 9.69 Å². The zero-order chi connectivity index (χ0) is 17.1. The number of fused-ring (bicyclic) bond motifs is 6. The molecule has 6 nitrogen and oxygen atoms in total. The summed E-state index contributed by atoms with van der Waals surface area (Å²) < 4.78 is 0. The van der Waals surface area contributed by atoms with E-state index < -0.39 is 18.0 Å². The number of piperidine rings is 1. The molecule has 1 aliphatic carbocycles. The van der Waals surface area contributed by atoms with Gasteiger partial charge in [0.05, 0.1) is 18.1 Å². The van der Waals surface area contributed by atoms with E-state index in [-0.39, 0.29) is 17.4 Å². The lowest BCUT2D eigenvalue weighted by molar-refractivity contribution is -0.156. The third-order valence-corrected chi connectivity index (χ3v) is 6.83. The van der Waals surface area contributed by atoms with E-state index in [0.29, 0.717) is 12.3 Å². The molecule has 3 aliphatic rings. The normalized spacial score (nSPS) is 33.7. The van der Waals surface area contributed by atoms with E-state index in [1.165, 1.54) is 22.2 Å². The summed E-state index contributed by atoms with van der Waals surface area (Å²) in [5.74, 6) is -0.981. The van der Waals surface area contributed by atoms with Crippen LogP contribution in [0.25, 0.3) is 10.9 Å². The first kappa shape index (κ1) is 17.5. The average molecular weight is 358 g/mol. The predicted octanol–water partition coefficient (Wildman–Crippen LogP) is 1.73. The number of H-pyrrole nitrogens is 1. The number of nitrogens with zero attached hydrogens (tertiary/aromatic N) is 1. The summed E-state index contributed by atoms with van der Waals surface area (Å²) in [7, 11) is 0. The number of aliphatic carboxylic acids is 1. The molecule has 0 spiro atoms. The number of hydrogen-bond acceptors (Lipinski definition) is 3. The molecule has 2 aromatic rings. The number of aromatic amines is 1. The first-order chi connectivity index (χ1) is 12.1. The second-order valence-electron chi connectivity index (χ2n) is 7.99. The van der Waals surface area contributed by atoms with Gasteiger partial charge in [-0.05, 0) is 49.1 Å². The van der Waals surface area contributed by atoms with E-state index in [4.69, 9.17) is 0 Å². The SMILES string of the molecule is O.O=C(O)[C@@H]1[C@H]2C[C@H]3c4[nH]c5ccccc5c4CCN3C[C@@H]2CC[C@@H]1O. The summed E-state index contributed by atoms with van der Waals surface area (Å²) in [4.78, 5) is 17.9. The maximum absolute atomic E-state index is 11.8. The number of para-hydroxylation sites is 1. The second-order valence-corrected chi connectivity index (χ2v) is 7.99. The Labute approximate surface area is 152 Å². The van der Waals surface area contributed by atoms with Gasteiger partial charge in [0.15, 0.2) is 0 Å². The number of aliphatic hydroxyl groups is 1. The van der Waals surface area contributed by atoms with Crippen LogP contribution < -0.4 is 0 Å². The molecule has 3 heterocycles. The Bertz CT molecular complexity index is 832. The molecular weight excluding hydrogens is 332 g/mol. The van der Waals surface area contributed by atoms with Crippen molar-refractivity contribution in [2.45, 2.75) is 37.8 Å². The molecule has 6 heteroatoms. The van der Waals surface area contributed by atoms with Gasteiger partial charge < -0.3 is 20.7 Å². The molecular formula is C20H26N2O4. The van der Waals surface area contributed by atoms with Gasteiger partial charge in [0.25, 0.3) is 0 Å². The largest absolute Gasteiger partial charge is 0.481 e. The Balaban J connectivity index is 0.00000168. The molecule has 5 rings (SSSR count). The Kier molecular flexibility index (Phi) is 4.29. The standard InChI is InChI=1S/C20H24N2O3.H2O/c23-17-6-5-11-10-22-8-7-13-12-3-1-2-4-15(12)21-19(13)16(22)9-14(11)18(17)20(24)25;/h1-4,11,14,16-18,21,23H,5-10H2,(H,24,25);1H2/t11-,14-,16-,17-,18+;/m0./s1. The topological polar surface area (TPSA) is 108 Å². The minimum atomic E-state index is -0.830. The van der Waals surface area contributed by atoms with Crippen molar-refractivity contribution in [2.24, 2.45) is 17.8 Å². The first-order valence-electron chi connectivity index (χ1n) is 9.38. The van der Waals surface area contributed by atoms with E-state index in [1.54, 1.807) is 0 Å². The number of nitrogens with one attached hydrogen (secondary N) is 1. The van der Waals surface area contributed by atoms with Crippen molar-refractivity contribution >= 4 is 16.9 Å². The van der Waals surface area contributed by atoms with E-state index in [2.05, 4.69) is 34.1 Å². The summed E-state index contributed by atoms with van der Waals surface area (Å²) in [6.07, 6.45) is 2.75. The van der Waals surface area contributed by atoms with Gasteiger partial charge in [-0.1, -0.05) is 18.2 Å². The Morgan fingerprint density at radius 3 is 2.85 bits per heavy atom. The molecule has 5 N–H and O–H groups in total. The summed E-state index contributed by atoms with van der Waals surface area (Å²) in [6, 6.07) is 8.68. The lowest BCUT2D eigenvalue weighted by Gasteiger charge is -2.50. The molecule has 0 unspecified atom stereocenters. The molecule has 1 aromatic heterocycles. The van der Waals surface area contributed by atoms with Crippen LogP contribution in [0.4, 0.5) is 0 Å². The highest BCUT2D eigenvalue weighted by Gasteiger charge is 2.49. The zero-order valence-electron chi connectivity index (χ0n) is 14.7. The van der Waals surface area contributed by atoms with Gasteiger partial charge in [-0.25, -0.2) is 0 Å². The van der Waals surface area contributed by atoms with Crippen LogP contribution in [0.5, 0.6) is 0 Å². The van der Waals surface area contributed by atoms with Gasteiger partial charge >= 0.3 is 5.97 Å². The minimum absolute atomic E-state index is 0. The predicted molar refractivity (Wildman–Crippen MR) is 97.9 cm³/mol. The number of carboxylic acids is 1. The Hall–Kier alpha value is -1.89. The molecule has 1 saturated heterocycles. The van der Waals surface area contributed by atoms with Crippen LogP contribution in [0, 0.1) is 17.8 Å². The van der Waals surface area contributed by atoms with E-state index in [9.17, 15) is 15.0 Å². The van der Waals surface area contributed by atoms with Crippen molar-refractivity contribution in [1.82, 2.24) is 9.88 Å². The maximum atomic E-state index is 11.8. The van der Waals surface area contributed by atoms with Crippen molar-refractivity contribution in [3.63, 3.8) is 0 Å². The third-order valence-electron chi connectivity index (χ3n) is 6.83. The summed E-state index contributed by atoms with van der Waals surface area (Å²) in [5, 5.41) is 21.3. The molecule has 2 aliphatic heterocycles. The smallest absolute Gasteiger partial charge is 0.309 e. The highest BCUT2D eigenvalue weighted by Crippen LogP contribution is 2.49. The fourth-order valence-corrected chi connectivity index (χ4v) is 5.68. The van der Waals surface area contributed by atoms with Crippen LogP contribution >= 0.6 is 0 Å². The maximum Gasteiger partial charge on any atom is 0.309 e. The fourth-order valence-electron chi connectivity index (χ4n) is 5.68. The number of carboxylic acid groups (broad SMARTS) is 1. The van der Waals surface area contributed by atoms with Crippen LogP contribution in [0.3, 0.4) is 0 Å². The Morgan fingerprint density at radius 1 is 1.23 bits per heavy atom. The summed E-state index contributed by atoms with van der Waals surface area (Å²) in [5.41, 5.74) is 3.85. The zero-order valence-corrected chi connectivity index (χ0v) is 14.7. The number of aromatic nitrogens is 1. The monoisotopic (exact) mass is 358 g/mol. The summed E-state index contributed by atoms with van der Waals surface area (Å²) >= 11 is 0. The van der Waals surface area contributed by atoms with Gasteiger partial charge in [-0.2, -0.15) is 0 Å². The first-order valence-corrected chi connectivity index (χ1v) is 9.38. The van der Waals surface area contributed by atoms with E-state index in [1.807, 2.05) is 0 Å². The lowest BCUT2D eigenvalue weighted by Crippen LogP contribution is -2.53. The van der Waals surface area contributed by atoms with Crippen molar-refractivity contribution in [3.8, 4) is 0 Å². The quantitative estimate of drug-likeness (QED) is 0.721. The molecule has 5 atom stereocenters. The van der Waals surface area contributed by atoms with Crippen LogP contribution in [0.1, 0.15) is 36.6 Å². The fraction of sp³-hybridized carbons (Fsp3) is 0.550.